The molecule has 0 spiro atoms. The second-order valence-corrected chi connectivity index (χ2v) is 8.05. The van der Waals surface area contributed by atoms with E-state index in [0.717, 1.165) is 11.8 Å². The van der Waals surface area contributed by atoms with E-state index in [9.17, 15) is 0 Å². The molecule has 0 amide bonds. The Hall–Kier alpha value is 0. The average molecular weight is 208 g/mol. The molecule has 0 nitrogen and oxygen atoms in total. The molecule has 0 aliphatic heterocycles. The maximum Gasteiger partial charge on any atom is -0.0169 e. The molecule has 0 heterocycles. The predicted octanol–water partition coefficient (Wildman–Crippen LogP) is 4.89. The van der Waals surface area contributed by atoms with Crippen molar-refractivity contribution in [2.75, 3.05) is 0 Å². The van der Waals surface area contributed by atoms with Crippen molar-refractivity contribution in [3.63, 3.8) is 0 Å². The third-order valence-corrected chi connectivity index (χ3v) is 5.53. The van der Waals surface area contributed by atoms with Crippen LogP contribution in [0.2, 0.25) is 0 Å². The predicted molar refractivity (Wildman–Crippen MR) is 66.8 cm³/mol. The standard InChI is InChI=1S/C15H28/c1-13(2,3)15(14(4,5)6)10-11-7-8-12(15)9-11/h11-12H,7-10H2,1-6H3/t11-,12+/m1/s1. The fourth-order valence-electron chi connectivity index (χ4n) is 5.29. The van der Waals surface area contributed by atoms with Crippen LogP contribution in [-0.2, 0) is 0 Å². The molecule has 88 valence electrons. The molecule has 2 aliphatic carbocycles. The highest BCUT2D eigenvalue weighted by molar-refractivity contribution is 5.10. The van der Waals surface area contributed by atoms with Crippen LogP contribution in [0.3, 0.4) is 0 Å². The third-order valence-electron chi connectivity index (χ3n) is 5.53. The molecular formula is C15H28. The molecule has 15 heavy (non-hydrogen) atoms. The van der Waals surface area contributed by atoms with E-state index in [2.05, 4.69) is 41.5 Å². The van der Waals surface area contributed by atoms with Gasteiger partial charge in [-0.05, 0) is 47.3 Å². The smallest absolute Gasteiger partial charge is 0.0169 e. The first kappa shape index (κ1) is 11.5. The average Bonchev–Trinajstić information content (AvgIpc) is 2.57. The van der Waals surface area contributed by atoms with Gasteiger partial charge in [0, 0.05) is 0 Å². The Bertz CT molecular complexity index is 234. The van der Waals surface area contributed by atoms with Gasteiger partial charge in [0.15, 0.2) is 0 Å². The lowest BCUT2D eigenvalue weighted by molar-refractivity contribution is -0.0804. The molecule has 0 aromatic heterocycles. The first-order valence-electron chi connectivity index (χ1n) is 6.68. The summed E-state index contributed by atoms with van der Waals surface area (Å²) in [6.07, 6.45) is 6.02. The van der Waals surface area contributed by atoms with Gasteiger partial charge < -0.3 is 0 Å². The van der Waals surface area contributed by atoms with Crippen LogP contribution in [0, 0.1) is 28.1 Å². The fourth-order valence-corrected chi connectivity index (χ4v) is 5.29. The summed E-state index contributed by atoms with van der Waals surface area (Å²) in [6, 6.07) is 0. The molecule has 0 radical (unpaired) electrons. The molecule has 0 saturated heterocycles. The molecule has 0 aromatic rings. The minimum Gasteiger partial charge on any atom is -0.0596 e. The highest BCUT2D eigenvalue weighted by atomic mass is 14.7. The van der Waals surface area contributed by atoms with Crippen molar-refractivity contribution in [3.05, 3.63) is 0 Å². The van der Waals surface area contributed by atoms with Crippen LogP contribution >= 0.6 is 0 Å². The second-order valence-electron chi connectivity index (χ2n) is 8.05. The Morgan fingerprint density at radius 3 is 1.60 bits per heavy atom. The highest BCUT2D eigenvalue weighted by Gasteiger charge is 2.61. The minimum absolute atomic E-state index is 0.463. The molecule has 0 aromatic carbocycles. The first-order chi connectivity index (χ1) is 6.68. The van der Waals surface area contributed by atoms with E-state index < -0.39 is 0 Å². The maximum atomic E-state index is 2.47. The lowest BCUT2D eigenvalue weighted by Gasteiger charge is -2.57. The van der Waals surface area contributed by atoms with Gasteiger partial charge in [-0.15, -0.1) is 0 Å². The van der Waals surface area contributed by atoms with Crippen molar-refractivity contribution in [2.24, 2.45) is 28.1 Å². The molecule has 2 atom stereocenters. The van der Waals surface area contributed by atoms with Crippen LogP contribution < -0.4 is 0 Å². The number of hydrogen-bond acceptors (Lipinski definition) is 0. The summed E-state index contributed by atoms with van der Waals surface area (Å²) >= 11 is 0. The summed E-state index contributed by atoms with van der Waals surface area (Å²) in [6.45, 7) is 14.8. The van der Waals surface area contributed by atoms with Crippen LogP contribution in [0.5, 0.6) is 0 Å². The molecule has 2 bridgehead atoms. The largest absolute Gasteiger partial charge is 0.0596 e. The summed E-state index contributed by atoms with van der Waals surface area (Å²) < 4.78 is 0. The molecular weight excluding hydrogens is 180 g/mol. The van der Waals surface area contributed by atoms with E-state index in [0.29, 0.717) is 16.2 Å². The normalized spacial score (nSPS) is 34.8. The summed E-state index contributed by atoms with van der Waals surface area (Å²) in [4.78, 5) is 0. The van der Waals surface area contributed by atoms with E-state index in [1.54, 1.807) is 0 Å². The van der Waals surface area contributed by atoms with Crippen LogP contribution in [0.1, 0.15) is 67.2 Å². The van der Waals surface area contributed by atoms with Gasteiger partial charge in [0.1, 0.15) is 0 Å². The van der Waals surface area contributed by atoms with Gasteiger partial charge in [0.2, 0.25) is 0 Å². The van der Waals surface area contributed by atoms with Crippen LogP contribution in [0.25, 0.3) is 0 Å². The molecule has 2 aliphatic rings. The monoisotopic (exact) mass is 208 g/mol. The fraction of sp³-hybridized carbons (Fsp3) is 1.00. The zero-order valence-corrected chi connectivity index (χ0v) is 11.5. The van der Waals surface area contributed by atoms with Crippen LogP contribution in [0.4, 0.5) is 0 Å². The van der Waals surface area contributed by atoms with E-state index in [1.807, 2.05) is 0 Å². The summed E-state index contributed by atoms with van der Waals surface area (Å²) in [5.41, 5.74) is 1.51. The van der Waals surface area contributed by atoms with Gasteiger partial charge in [-0.1, -0.05) is 48.0 Å². The van der Waals surface area contributed by atoms with Gasteiger partial charge >= 0.3 is 0 Å². The van der Waals surface area contributed by atoms with E-state index >= 15 is 0 Å². The topological polar surface area (TPSA) is 0 Å². The molecule has 2 saturated carbocycles. The van der Waals surface area contributed by atoms with Crippen LogP contribution in [-0.4, -0.2) is 0 Å². The SMILES string of the molecule is CC(C)(C)C1(C(C)(C)C)C[C@@H]2CC[C@H]1C2. The third kappa shape index (κ3) is 1.40. The molecule has 2 rings (SSSR count). The highest BCUT2D eigenvalue weighted by Crippen LogP contribution is 2.69. The summed E-state index contributed by atoms with van der Waals surface area (Å²) in [5.74, 6) is 2.05. The second kappa shape index (κ2) is 3.02. The first-order valence-corrected chi connectivity index (χ1v) is 6.68. The number of rotatable bonds is 0. The Morgan fingerprint density at radius 2 is 1.40 bits per heavy atom. The van der Waals surface area contributed by atoms with Crippen LogP contribution in [0.15, 0.2) is 0 Å². The zero-order chi connectivity index (χ0) is 11.5. The Kier molecular flexibility index (Phi) is 2.31. The van der Waals surface area contributed by atoms with Crippen molar-refractivity contribution in [1.82, 2.24) is 0 Å². The lowest BCUT2D eigenvalue weighted by Crippen LogP contribution is -2.49. The van der Waals surface area contributed by atoms with Crippen molar-refractivity contribution in [2.45, 2.75) is 67.2 Å². The summed E-state index contributed by atoms with van der Waals surface area (Å²) in [5, 5.41) is 0. The van der Waals surface area contributed by atoms with Gasteiger partial charge in [-0.3, -0.25) is 0 Å². The number of hydrogen-bond donors (Lipinski definition) is 0. The van der Waals surface area contributed by atoms with E-state index in [4.69, 9.17) is 0 Å². The summed E-state index contributed by atoms with van der Waals surface area (Å²) in [7, 11) is 0. The van der Waals surface area contributed by atoms with Gasteiger partial charge in [0.25, 0.3) is 0 Å². The van der Waals surface area contributed by atoms with Crippen molar-refractivity contribution < 1.29 is 0 Å². The van der Waals surface area contributed by atoms with Gasteiger partial charge in [-0.2, -0.15) is 0 Å². The zero-order valence-electron chi connectivity index (χ0n) is 11.5. The molecule has 0 unspecified atom stereocenters. The molecule has 0 heteroatoms. The maximum absolute atomic E-state index is 2.47. The molecule has 0 N–H and O–H groups in total. The quantitative estimate of drug-likeness (QED) is 0.532. The van der Waals surface area contributed by atoms with Crippen molar-refractivity contribution >= 4 is 0 Å². The molecule has 2 fully saturated rings. The lowest BCUT2D eigenvalue weighted by atomic mass is 9.48. The van der Waals surface area contributed by atoms with Crippen molar-refractivity contribution in [1.29, 1.82) is 0 Å². The minimum atomic E-state index is 0.463. The number of fused-ring (bicyclic) bond motifs is 2. The Balaban J connectivity index is 2.42. The van der Waals surface area contributed by atoms with E-state index in [1.165, 1.54) is 25.7 Å². The van der Waals surface area contributed by atoms with Gasteiger partial charge in [-0.25, -0.2) is 0 Å². The Labute approximate surface area is 95.8 Å². The van der Waals surface area contributed by atoms with E-state index in [-0.39, 0.29) is 0 Å². The van der Waals surface area contributed by atoms with Crippen molar-refractivity contribution in [3.8, 4) is 0 Å². The Morgan fingerprint density at radius 1 is 0.867 bits per heavy atom. The van der Waals surface area contributed by atoms with Gasteiger partial charge in [0.05, 0.1) is 0 Å².